The van der Waals surface area contributed by atoms with Crippen molar-refractivity contribution in [2.24, 2.45) is 5.92 Å². The summed E-state index contributed by atoms with van der Waals surface area (Å²) in [6.45, 7) is 6.16. The van der Waals surface area contributed by atoms with E-state index in [0.29, 0.717) is 38.6 Å². The van der Waals surface area contributed by atoms with Crippen LogP contribution in [0.5, 0.6) is 0 Å². The fourth-order valence-electron chi connectivity index (χ4n) is 4.83. The van der Waals surface area contributed by atoms with Crippen molar-refractivity contribution >= 4 is 23.2 Å². The molecule has 3 heterocycles. The van der Waals surface area contributed by atoms with E-state index in [4.69, 9.17) is 0 Å². The number of fused-ring (bicyclic) bond motifs is 1. The molecule has 2 aliphatic heterocycles. The van der Waals surface area contributed by atoms with Gasteiger partial charge < -0.3 is 9.80 Å². The van der Waals surface area contributed by atoms with Gasteiger partial charge in [0.05, 0.1) is 12.6 Å². The standard InChI is InChI=1S/C24H29N3O2S/c1-17-4-2-3-5-19(17)23-20-9-15-30-21(20)8-10-27(23)16-22(28)25-11-13-26(14-12-25)24(29)18-6-7-18/h2-5,9,15,18,23H,6-8,10-14,16H2,1H3/t23-/m1/s1. The lowest BCUT2D eigenvalue weighted by atomic mass is 9.90. The Hall–Kier alpha value is -2.18. The highest BCUT2D eigenvalue weighted by atomic mass is 32.1. The molecule has 5 rings (SSSR count). The quantitative estimate of drug-likeness (QED) is 0.759. The van der Waals surface area contributed by atoms with E-state index in [2.05, 4.69) is 47.5 Å². The maximum atomic E-state index is 13.2. The third-order valence-electron chi connectivity index (χ3n) is 6.76. The number of carbonyl (C=O) groups is 2. The molecule has 1 aromatic carbocycles. The summed E-state index contributed by atoms with van der Waals surface area (Å²) in [4.78, 5) is 33.2. The average molecular weight is 424 g/mol. The molecule has 1 saturated carbocycles. The molecule has 0 radical (unpaired) electrons. The van der Waals surface area contributed by atoms with Crippen molar-refractivity contribution in [1.29, 1.82) is 0 Å². The first-order valence-corrected chi connectivity index (χ1v) is 11.9. The molecule has 3 aliphatic rings. The van der Waals surface area contributed by atoms with Crippen molar-refractivity contribution in [3.8, 4) is 0 Å². The van der Waals surface area contributed by atoms with E-state index in [0.717, 1.165) is 25.8 Å². The van der Waals surface area contributed by atoms with Gasteiger partial charge in [-0.25, -0.2) is 0 Å². The summed E-state index contributed by atoms with van der Waals surface area (Å²) in [7, 11) is 0. The van der Waals surface area contributed by atoms with E-state index in [-0.39, 0.29) is 17.9 Å². The fourth-order valence-corrected chi connectivity index (χ4v) is 5.74. The first kappa shape index (κ1) is 19.8. The largest absolute Gasteiger partial charge is 0.339 e. The number of nitrogens with zero attached hydrogens (tertiary/aromatic N) is 3. The molecule has 30 heavy (non-hydrogen) atoms. The van der Waals surface area contributed by atoms with Gasteiger partial charge in [0.15, 0.2) is 0 Å². The maximum absolute atomic E-state index is 13.2. The van der Waals surface area contributed by atoms with Crippen molar-refractivity contribution in [3.05, 3.63) is 57.3 Å². The van der Waals surface area contributed by atoms with E-state index in [1.807, 2.05) is 21.1 Å². The molecular weight excluding hydrogens is 394 g/mol. The number of hydrogen-bond donors (Lipinski definition) is 0. The van der Waals surface area contributed by atoms with Crippen LogP contribution in [0, 0.1) is 12.8 Å². The topological polar surface area (TPSA) is 43.9 Å². The summed E-state index contributed by atoms with van der Waals surface area (Å²) in [5.74, 6) is 0.740. The van der Waals surface area contributed by atoms with E-state index in [1.54, 1.807) is 0 Å². The summed E-state index contributed by atoms with van der Waals surface area (Å²) in [5, 5.41) is 2.18. The smallest absolute Gasteiger partial charge is 0.236 e. The molecule has 1 aliphatic carbocycles. The van der Waals surface area contributed by atoms with Crippen molar-refractivity contribution < 1.29 is 9.59 Å². The van der Waals surface area contributed by atoms with Gasteiger partial charge in [0.1, 0.15) is 0 Å². The zero-order valence-corrected chi connectivity index (χ0v) is 18.4. The molecule has 1 saturated heterocycles. The van der Waals surface area contributed by atoms with Crippen molar-refractivity contribution in [1.82, 2.24) is 14.7 Å². The summed E-state index contributed by atoms with van der Waals surface area (Å²) in [6, 6.07) is 10.9. The van der Waals surface area contributed by atoms with Crippen LogP contribution < -0.4 is 0 Å². The Kier molecular flexibility index (Phi) is 5.37. The second kappa shape index (κ2) is 8.16. The number of hydrogen-bond acceptors (Lipinski definition) is 4. The normalized spacial score (nSPS) is 22.1. The number of aryl methyl sites for hydroxylation is 1. The fraction of sp³-hybridized carbons (Fsp3) is 0.500. The van der Waals surface area contributed by atoms with Gasteiger partial charge in [0.25, 0.3) is 0 Å². The van der Waals surface area contributed by atoms with Crippen molar-refractivity contribution in [2.75, 3.05) is 39.3 Å². The number of amides is 2. The predicted octanol–water partition coefficient (Wildman–Crippen LogP) is 3.08. The van der Waals surface area contributed by atoms with Crippen LogP contribution in [0.2, 0.25) is 0 Å². The van der Waals surface area contributed by atoms with E-state index >= 15 is 0 Å². The summed E-state index contributed by atoms with van der Waals surface area (Å²) < 4.78 is 0. The lowest BCUT2D eigenvalue weighted by molar-refractivity contribution is -0.141. The Bertz CT molecular complexity index is 943. The van der Waals surface area contributed by atoms with Crippen LogP contribution >= 0.6 is 11.3 Å². The molecule has 0 unspecified atom stereocenters. The average Bonchev–Trinajstić information content (AvgIpc) is 3.51. The first-order valence-electron chi connectivity index (χ1n) is 11.0. The highest BCUT2D eigenvalue weighted by Gasteiger charge is 2.36. The summed E-state index contributed by atoms with van der Waals surface area (Å²) in [6.07, 6.45) is 3.09. The number of piperazine rings is 1. The molecule has 2 fully saturated rings. The van der Waals surface area contributed by atoms with Gasteiger partial charge in [0, 0.05) is 43.5 Å². The van der Waals surface area contributed by atoms with Gasteiger partial charge in [0.2, 0.25) is 11.8 Å². The van der Waals surface area contributed by atoms with E-state index < -0.39 is 0 Å². The first-order chi connectivity index (χ1) is 14.6. The highest BCUT2D eigenvalue weighted by Crippen LogP contribution is 2.38. The lowest BCUT2D eigenvalue weighted by Crippen LogP contribution is -2.53. The number of thiophene rings is 1. The Morgan fingerprint density at radius 1 is 0.967 bits per heavy atom. The maximum Gasteiger partial charge on any atom is 0.236 e. The van der Waals surface area contributed by atoms with E-state index in [9.17, 15) is 9.59 Å². The molecule has 2 aromatic rings. The van der Waals surface area contributed by atoms with Crippen LogP contribution in [-0.4, -0.2) is 65.8 Å². The van der Waals surface area contributed by atoms with Crippen LogP contribution in [0.25, 0.3) is 0 Å². The van der Waals surface area contributed by atoms with Crippen molar-refractivity contribution in [3.63, 3.8) is 0 Å². The molecule has 158 valence electrons. The van der Waals surface area contributed by atoms with Crippen LogP contribution in [0.15, 0.2) is 35.7 Å². The molecule has 6 heteroatoms. The predicted molar refractivity (Wildman–Crippen MR) is 119 cm³/mol. The van der Waals surface area contributed by atoms with Gasteiger partial charge in [-0.05, 0) is 54.3 Å². The van der Waals surface area contributed by atoms with Crippen LogP contribution in [-0.2, 0) is 16.0 Å². The van der Waals surface area contributed by atoms with Crippen LogP contribution in [0.1, 0.15) is 40.5 Å². The molecule has 2 amide bonds. The molecule has 0 spiro atoms. The number of benzene rings is 1. The van der Waals surface area contributed by atoms with Gasteiger partial charge in [-0.3, -0.25) is 14.5 Å². The van der Waals surface area contributed by atoms with Gasteiger partial charge in [-0.2, -0.15) is 0 Å². The third-order valence-corrected chi connectivity index (χ3v) is 7.75. The lowest BCUT2D eigenvalue weighted by Gasteiger charge is -2.39. The summed E-state index contributed by atoms with van der Waals surface area (Å²) >= 11 is 1.83. The minimum atomic E-state index is 0.142. The van der Waals surface area contributed by atoms with E-state index in [1.165, 1.54) is 21.6 Å². The van der Waals surface area contributed by atoms with Gasteiger partial charge in [-0.1, -0.05) is 24.3 Å². The molecule has 0 N–H and O–H groups in total. The minimum Gasteiger partial charge on any atom is -0.339 e. The van der Waals surface area contributed by atoms with Gasteiger partial charge in [-0.15, -0.1) is 11.3 Å². The molecule has 0 bridgehead atoms. The SMILES string of the molecule is Cc1ccccc1[C@@H]1c2ccsc2CCN1CC(=O)N1CCN(C(=O)C2CC2)CC1. The monoisotopic (exact) mass is 423 g/mol. The Morgan fingerprint density at radius 3 is 2.43 bits per heavy atom. The third kappa shape index (κ3) is 3.79. The van der Waals surface area contributed by atoms with Crippen LogP contribution in [0.4, 0.5) is 0 Å². The second-order valence-corrected chi connectivity index (χ2v) is 9.76. The highest BCUT2D eigenvalue weighted by molar-refractivity contribution is 7.10. The zero-order chi connectivity index (χ0) is 20.7. The van der Waals surface area contributed by atoms with Crippen molar-refractivity contribution in [2.45, 2.75) is 32.2 Å². The zero-order valence-electron chi connectivity index (χ0n) is 17.5. The second-order valence-electron chi connectivity index (χ2n) is 8.76. The molecule has 5 nitrogen and oxygen atoms in total. The number of rotatable bonds is 4. The number of carbonyl (C=O) groups excluding carboxylic acids is 2. The van der Waals surface area contributed by atoms with Gasteiger partial charge >= 0.3 is 0 Å². The van der Waals surface area contributed by atoms with Crippen LogP contribution in [0.3, 0.4) is 0 Å². The Labute approximate surface area is 182 Å². The summed E-state index contributed by atoms with van der Waals surface area (Å²) in [5.41, 5.74) is 3.92. The molecule has 1 aromatic heterocycles. The molecular formula is C24H29N3O2S. The Balaban J connectivity index is 1.29. The molecule has 1 atom stereocenters. The minimum absolute atomic E-state index is 0.142. The Morgan fingerprint density at radius 2 is 1.70 bits per heavy atom.